The molecule has 1 saturated heterocycles. The number of amides is 1. The molecule has 1 aromatic heterocycles. The van der Waals surface area contributed by atoms with Crippen LogP contribution in [0.3, 0.4) is 0 Å². The number of carbonyl (C=O) groups excluding carboxylic acids is 1. The molecule has 0 spiro atoms. The van der Waals surface area contributed by atoms with Crippen molar-refractivity contribution >= 4 is 16.8 Å². The maximum absolute atomic E-state index is 12.2. The van der Waals surface area contributed by atoms with E-state index < -0.39 is 0 Å². The minimum Gasteiger partial charge on any atom is -0.356 e. The first-order chi connectivity index (χ1) is 13.0. The Morgan fingerprint density at radius 2 is 2.15 bits per heavy atom. The summed E-state index contributed by atoms with van der Waals surface area (Å²) in [5, 5.41) is 4.00. The third kappa shape index (κ3) is 5.42. The number of aromatic amines is 1. The lowest BCUT2D eigenvalue weighted by Crippen LogP contribution is -2.39. The topological polar surface area (TPSA) is 65.2 Å². The molecule has 0 saturated carbocycles. The van der Waals surface area contributed by atoms with Crippen LogP contribution in [0.15, 0.2) is 29.1 Å². The zero-order valence-electron chi connectivity index (χ0n) is 16.5. The average Bonchev–Trinajstić information content (AvgIpc) is 2.65. The Morgan fingerprint density at radius 1 is 1.30 bits per heavy atom. The lowest BCUT2D eigenvalue weighted by atomic mass is 10.0. The molecule has 3 rings (SSSR count). The van der Waals surface area contributed by atoms with E-state index >= 15 is 0 Å². The monoisotopic (exact) mass is 369 g/mol. The van der Waals surface area contributed by atoms with Gasteiger partial charge in [-0.3, -0.25) is 9.59 Å². The van der Waals surface area contributed by atoms with Crippen molar-refractivity contribution in [3.63, 3.8) is 0 Å². The minimum atomic E-state index is -0.0972. The third-order valence-corrected chi connectivity index (χ3v) is 5.58. The Hall–Kier alpha value is -2.14. The molecule has 1 aromatic carbocycles. The molecule has 5 heteroatoms. The van der Waals surface area contributed by atoms with Crippen LogP contribution in [0.2, 0.25) is 0 Å². The summed E-state index contributed by atoms with van der Waals surface area (Å²) >= 11 is 0. The van der Waals surface area contributed by atoms with Crippen molar-refractivity contribution in [1.29, 1.82) is 0 Å². The summed E-state index contributed by atoms with van der Waals surface area (Å²) in [6.45, 7) is 7.22. The maximum atomic E-state index is 12.2. The number of nitrogens with zero attached hydrogens (tertiary/aromatic N) is 1. The van der Waals surface area contributed by atoms with Crippen molar-refractivity contribution < 1.29 is 4.79 Å². The molecule has 1 aliphatic heterocycles. The summed E-state index contributed by atoms with van der Waals surface area (Å²) in [5.41, 5.74) is 2.54. The molecule has 1 atom stereocenters. The van der Waals surface area contributed by atoms with Crippen LogP contribution in [0.5, 0.6) is 0 Å². The van der Waals surface area contributed by atoms with E-state index in [9.17, 15) is 9.59 Å². The van der Waals surface area contributed by atoms with Gasteiger partial charge in [0.15, 0.2) is 0 Å². The molecule has 27 heavy (non-hydrogen) atoms. The number of pyridine rings is 1. The Morgan fingerprint density at radius 3 is 2.96 bits per heavy atom. The molecular weight excluding hydrogens is 338 g/mol. The fourth-order valence-corrected chi connectivity index (χ4v) is 3.88. The van der Waals surface area contributed by atoms with E-state index in [1.165, 1.54) is 25.8 Å². The smallest absolute Gasteiger partial charge is 0.251 e. The van der Waals surface area contributed by atoms with Crippen molar-refractivity contribution in [1.82, 2.24) is 15.2 Å². The van der Waals surface area contributed by atoms with E-state index in [4.69, 9.17) is 0 Å². The van der Waals surface area contributed by atoms with E-state index in [-0.39, 0.29) is 11.5 Å². The predicted octanol–water partition coefficient (Wildman–Crippen LogP) is 3.15. The second-order valence-electron chi connectivity index (χ2n) is 7.80. The first-order valence-electron chi connectivity index (χ1n) is 10.2. The lowest BCUT2D eigenvalue weighted by molar-refractivity contribution is -0.121. The number of nitrogens with one attached hydrogen (secondary N) is 2. The molecular formula is C22H31N3O2. The summed E-state index contributed by atoms with van der Waals surface area (Å²) in [7, 11) is 0. The molecule has 1 fully saturated rings. The number of hydrogen-bond donors (Lipinski definition) is 2. The lowest BCUT2D eigenvalue weighted by Gasteiger charge is -2.33. The van der Waals surface area contributed by atoms with Gasteiger partial charge in [0.05, 0.1) is 0 Å². The summed E-state index contributed by atoms with van der Waals surface area (Å²) in [5.74, 6) is 0.0186. The van der Waals surface area contributed by atoms with Gasteiger partial charge in [0.1, 0.15) is 0 Å². The Balaban J connectivity index is 1.43. The minimum absolute atomic E-state index is 0.0186. The first-order valence-corrected chi connectivity index (χ1v) is 10.2. The van der Waals surface area contributed by atoms with Gasteiger partial charge in [-0.2, -0.15) is 0 Å². The zero-order chi connectivity index (χ0) is 19.2. The fraction of sp³-hybridized carbons (Fsp3) is 0.545. The summed E-state index contributed by atoms with van der Waals surface area (Å²) < 4.78 is 0. The highest BCUT2D eigenvalue weighted by atomic mass is 16.1. The van der Waals surface area contributed by atoms with Crippen LogP contribution >= 0.6 is 0 Å². The van der Waals surface area contributed by atoms with Crippen LogP contribution in [0, 0.1) is 6.92 Å². The molecule has 146 valence electrons. The van der Waals surface area contributed by atoms with Gasteiger partial charge in [-0.15, -0.1) is 0 Å². The van der Waals surface area contributed by atoms with Crippen molar-refractivity contribution in [2.75, 3.05) is 19.6 Å². The SMILES string of the molecule is Cc1ccc2cc(CCC(=O)NCCCN3CCCC[C@@H]3C)c(=O)[nH]c2c1. The first kappa shape index (κ1) is 19.6. The van der Waals surface area contributed by atoms with Gasteiger partial charge in [0.2, 0.25) is 5.91 Å². The van der Waals surface area contributed by atoms with Crippen molar-refractivity contribution in [2.45, 2.75) is 58.4 Å². The van der Waals surface area contributed by atoms with Gasteiger partial charge in [0.25, 0.3) is 5.56 Å². The number of aromatic nitrogens is 1. The van der Waals surface area contributed by atoms with Crippen LogP contribution in [-0.4, -0.2) is 41.5 Å². The van der Waals surface area contributed by atoms with Gasteiger partial charge in [-0.1, -0.05) is 18.6 Å². The quantitative estimate of drug-likeness (QED) is 0.737. The largest absolute Gasteiger partial charge is 0.356 e. The van der Waals surface area contributed by atoms with Crippen LogP contribution in [0.25, 0.3) is 10.9 Å². The van der Waals surface area contributed by atoms with Crippen LogP contribution in [0.1, 0.15) is 50.2 Å². The second-order valence-corrected chi connectivity index (χ2v) is 7.80. The summed E-state index contributed by atoms with van der Waals surface area (Å²) in [6, 6.07) is 8.57. The highest BCUT2D eigenvalue weighted by molar-refractivity contribution is 5.80. The molecule has 2 N–H and O–H groups in total. The maximum Gasteiger partial charge on any atom is 0.251 e. The number of benzene rings is 1. The highest BCUT2D eigenvalue weighted by Gasteiger charge is 2.17. The highest BCUT2D eigenvalue weighted by Crippen LogP contribution is 2.16. The number of rotatable bonds is 7. The number of likely N-dealkylation sites (tertiary alicyclic amines) is 1. The molecule has 1 aliphatic rings. The number of piperidine rings is 1. The van der Waals surface area contributed by atoms with Gasteiger partial charge >= 0.3 is 0 Å². The van der Waals surface area contributed by atoms with Gasteiger partial charge in [-0.05, 0) is 69.2 Å². The van der Waals surface area contributed by atoms with E-state index in [2.05, 4.69) is 22.1 Å². The Labute approximate surface area is 161 Å². The van der Waals surface area contributed by atoms with E-state index in [1.54, 1.807) is 0 Å². The molecule has 0 aliphatic carbocycles. The van der Waals surface area contributed by atoms with Crippen LogP contribution in [-0.2, 0) is 11.2 Å². The number of H-pyrrole nitrogens is 1. The Kier molecular flexibility index (Phi) is 6.67. The summed E-state index contributed by atoms with van der Waals surface area (Å²) in [6.07, 6.45) is 5.70. The number of hydrogen-bond acceptors (Lipinski definition) is 3. The second kappa shape index (κ2) is 9.18. The van der Waals surface area contributed by atoms with Crippen molar-refractivity contribution in [3.05, 3.63) is 45.7 Å². The molecule has 2 aromatic rings. The molecule has 2 heterocycles. The fourth-order valence-electron chi connectivity index (χ4n) is 3.88. The van der Waals surface area contributed by atoms with Crippen molar-refractivity contribution in [3.8, 4) is 0 Å². The van der Waals surface area contributed by atoms with E-state index in [0.29, 0.717) is 31.0 Å². The molecule has 1 amide bonds. The van der Waals surface area contributed by atoms with Gasteiger partial charge < -0.3 is 15.2 Å². The molecule has 0 radical (unpaired) electrons. The number of aryl methyl sites for hydroxylation is 2. The van der Waals surface area contributed by atoms with Crippen LogP contribution < -0.4 is 10.9 Å². The van der Waals surface area contributed by atoms with E-state index in [0.717, 1.165) is 29.4 Å². The predicted molar refractivity (Wildman–Crippen MR) is 110 cm³/mol. The molecule has 0 unspecified atom stereocenters. The standard InChI is InChI=1S/C22H31N3O2/c1-16-7-8-18-15-19(22(27)24-20(18)14-16)9-10-21(26)23-11-5-13-25-12-4-3-6-17(25)2/h7-8,14-15,17H,3-6,9-13H2,1-2H3,(H,23,26)(H,24,27)/t17-/m0/s1. The van der Waals surface area contributed by atoms with Gasteiger partial charge in [0, 0.05) is 36.6 Å². The van der Waals surface area contributed by atoms with Crippen LogP contribution in [0.4, 0.5) is 0 Å². The normalized spacial score (nSPS) is 17.9. The number of fused-ring (bicyclic) bond motifs is 1. The average molecular weight is 370 g/mol. The zero-order valence-corrected chi connectivity index (χ0v) is 16.5. The van der Waals surface area contributed by atoms with Crippen molar-refractivity contribution in [2.24, 2.45) is 0 Å². The number of carbonyl (C=O) groups is 1. The Bertz CT molecular complexity index is 843. The molecule has 0 bridgehead atoms. The van der Waals surface area contributed by atoms with Gasteiger partial charge in [-0.25, -0.2) is 0 Å². The summed E-state index contributed by atoms with van der Waals surface area (Å²) in [4.78, 5) is 29.8. The molecule has 5 nitrogen and oxygen atoms in total. The van der Waals surface area contributed by atoms with E-state index in [1.807, 2.05) is 31.2 Å². The third-order valence-electron chi connectivity index (χ3n) is 5.58.